The molecule has 0 atom stereocenters. The van der Waals surface area contributed by atoms with Crippen LogP contribution in [0.3, 0.4) is 0 Å². The van der Waals surface area contributed by atoms with Crippen LogP contribution >= 0.6 is 0 Å². The molecule has 2 aromatic rings. The number of rotatable bonds is 2. The van der Waals surface area contributed by atoms with Gasteiger partial charge < -0.3 is 15.6 Å². The minimum Gasteiger partial charge on any atom is -0.399 e. The lowest BCUT2D eigenvalue weighted by Gasteiger charge is -2.17. The minimum atomic E-state index is 0.783. The van der Waals surface area contributed by atoms with Gasteiger partial charge in [-0.15, -0.1) is 0 Å². The van der Waals surface area contributed by atoms with Crippen molar-refractivity contribution < 1.29 is 0 Å². The molecule has 0 aliphatic rings. The van der Waals surface area contributed by atoms with Crippen LogP contribution in [0, 0.1) is 0 Å². The number of anilines is 2. The first-order chi connectivity index (χ1) is 7.18. The largest absolute Gasteiger partial charge is 0.399 e. The fraction of sp³-hybridized carbons (Fsp3) is 0.167. The van der Waals surface area contributed by atoms with Gasteiger partial charge in [-0.2, -0.15) is 0 Å². The van der Waals surface area contributed by atoms with Gasteiger partial charge in [0.2, 0.25) is 0 Å². The molecule has 2 rings (SSSR count). The second-order valence-corrected chi connectivity index (χ2v) is 3.75. The fourth-order valence-corrected chi connectivity index (χ4v) is 1.66. The monoisotopic (exact) mass is 201 g/mol. The van der Waals surface area contributed by atoms with E-state index in [1.54, 1.807) is 0 Å². The molecule has 0 fully saturated rings. The zero-order valence-corrected chi connectivity index (χ0v) is 8.99. The smallest absolute Gasteiger partial charge is 0.0475 e. The van der Waals surface area contributed by atoms with Crippen molar-refractivity contribution in [3.8, 4) is 11.3 Å². The Balaban J connectivity index is 2.58. The summed E-state index contributed by atoms with van der Waals surface area (Å²) in [4.78, 5) is 5.27. The minimum absolute atomic E-state index is 0.783. The zero-order chi connectivity index (χ0) is 10.8. The Hall–Kier alpha value is -1.90. The van der Waals surface area contributed by atoms with Gasteiger partial charge in [0.05, 0.1) is 0 Å². The Morgan fingerprint density at radius 3 is 2.60 bits per heavy atom. The molecule has 0 amide bonds. The van der Waals surface area contributed by atoms with Gasteiger partial charge in [-0.05, 0) is 30.3 Å². The molecule has 0 bridgehead atoms. The molecule has 0 saturated heterocycles. The highest BCUT2D eigenvalue weighted by molar-refractivity contribution is 5.79. The van der Waals surface area contributed by atoms with Gasteiger partial charge in [0.25, 0.3) is 0 Å². The van der Waals surface area contributed by atoms with E-state index in [1.807, 2.05) is 50.6 Å². The normalized spacial score (nSPS) is 10.3. The highest BCUT2D eigenvalue weighted by atomic mass is 15.1. The molecular weight excluding hydrogens is 186 g/mol. The van der Waals surface area contributed by atoms with E-state index in [2.05, 4.69) is 9.88 Å². The summed E-state index contributed by atoms with van der Waals surface area (Å²) in [5, 5.41) is 0. The Morgan fingerprint density at radius 1 is 1.20 bits per heavy atom. The third kappa shape index (κ3) is 1.81. The van der Waals surface area contributed by atoms with Crippen LogP contribution in [-0.4, -0.2) is 19.1 Å². The molecule has 3 nitrogen and oxygen atoms in total. The van der Waals surface area contributed by atoms with Gasteiger partial charge in [-0.25, -0.2) is 0 Å². The maximum atomic E-state index is 5.80. The van der Waals surface area contributed by atoms with Gasteiger partial charge in [0.1, 0.15) is 0 Å². The number of nitrogen functional groups attached to an aromatic ring is 1. The Morgan fingerprint density at radius 2 is 2.00 bits per heavy atom. The number of H-pyrrole nitrogens is 1. The van der Waals surface area contributed by atoms with E-state index in [1.165, 1.54) is 0 Å². The van der Waals surface area contributed by atoms with E-state index in [9.17, 15) is 0 Å². The van der Waals surface area contributed by atoms with Gasteiger partial charge in [0, 0.05) is 42.9 Å². The highest BCUT2D eigenvalue weighted by Crippen LogP contribution is 2.30. The molecular formula is C12H15N3. The summed E-state index contributed by atoms with van der Waals surface area (Å²) in [6, 6.07) is 9.97. The number of hydrogen-bond donors (Lipinski definition) is 2. The lowest BCUT2D eigenvalue weighted by atomic mass is 10.1. The molecule has 0 unspecified atom stereocenters. The summed E-state index contributed by atoms with van der Waals surface area (Å²) in [6.45, 7) is 0. The third-order valence-corrected chi connectivity index (χ3v) is 2.39. The average molecular weight is 201 g/mol. The summed E-state index contributed by atoms with van der Waals surface area (Å²) in [5.41, 5.74) is 9.96. The summed E-state index contributed by atoms with van der Waals surface area (Å²) in [6.07, 6.45) is 1.91. The standard InChI is InChI=1S/C12H15N3/c1-15(2)12-6-5-9(13)8-10(12)11-4-3-7-14-11/h3-8,14H,13H2,1-2H3. The first-order valence-electron chi connectivity index (χ1n) is 4.89. The molecule has 0 aliphatic heterocycles. The van der Waals surface area contributed by atoms with E-state index in [0.717, 1.165) is 22.6 Å². The first-order valence-corrected chi connectivity index (χ1v) is 4.89. The molecule has 0 aliphatic carbocycles. The van der Waals surface area contributed by atoms with Crippen molar-refractivity contribution in [2.75, 3.05) is 24.7 Å². The van der Waals surface area contributed by atoms with Crippen molar-refractivity contribution in [2.45, 2.75) is 0 Å². The van der Waals surface area contributed by atoms with E-state index < -0.39 is 0 Å². The lowest BCUT2D eigenvalue weighted by Crippen LogP contribution is -2.10. The Kier molecular flexibility index (Phi) is 2.37. The van der Waals surface area contributed by atoms with Crippen molar-refractivity contribution in [1.82, 2.24) is 4.98 Å². The van der Waals surface area contributed by atoms with Gasteiger partial charge >= 0.3 is 0 Å². The molecule has 0 radical (unpaired) electrons. The van der Waals surface area contributed by atoms with Crippen molar-refractivity contribution in [2.24, 2.45) is 0 Å². The molecule has 0 spiro atoms. The average Bonchev–Trinajstić information content (AvgIpc) is 2.69. The van der Waals surface area contributed by atoms with Crippen LogP contribution in [0.2, 0.25) is 0 Å². The SMILES string of the molecule is CN(C)c1ccc(N)cc1-c1ccc[nH]1. The highest BCUT2D eigenvalue weighted by Gasteiger charge is 2.07. The van der Waals surface area contributed by atoms with Crippen LogP contribution < -0.4 is 10.6 Å². The second-order valence-electron chi connectivity index (χ2n) is 3.75. The van der Waals surface area contributed by atoms with Gasteiger partial charge in [-0.3, -0.25) is 0 Å². The number of aromatic amines is 1. The molecule has 15 heavy (non-hydrogen) atoms. The number of nitrogens with two attached hydrogens (primary N) is 1. The molecule has 1 heterocycles. The third-order valence-electron chi connectivity index (χ3n) is 2.39. The summed E-state index contributed by atoms with van der Waals surface area (Å²) < 4.78 is 0. The van der Waals surface area contributed by atoms with E-state index in [-0.39, 0.29) is 0 Å². The predicted molar refractivity (Wildman–Crippen MR) is 65.0 cm³/mol. The Labute approximate surface area is 89.5 Å². The van der Waals surface area contributed by atoms with Crippen molar-refractivity contribution in [3.05, 3.63) is 36.5 Å². The number of benzene rings is 1. The summed E-state index contributed by atoms with van der Waals surface area (Å²) in [5.74, 6) is 0. The molecule has 3 heteroatoms. The van der Waals surface area contributed by atoms with Crippen LogP contribution in [0.1, 0.15) is 0 Å². The van der Waals surface area contributed by atoms with E-state index in [0.29, 0.717) is 0 Å². The topological polar surface area (TPSA) is 45.0 Å². The molecule has 1 aromatic heterocycles. The van der Waals surface area contributed by atoms with Crippen LogP contribution in [-0.2, 0) is 0 Å². The van der Waals surface area contributed by atoms with E-state index in [4.69, 9.17) is 5.73 Å². The van der Waals surface area contributed by atoms with Gasteiger partial charge in [0.15, 0.2) is 0 Å². The molecule has 1 aromatic carbocycles. The van der Waals surface area contributed by atoms with E-state index >= 15 is 0 Å². The number of nitrogens with zero attached hydrogens (tertiary/aromatic N) is 1. The van der Waals surface area contributed by atoms with Crippen molar-refractivity contribution in [3.63, 3.8) is 0 Å². The summed E-state index contributed by atoms with van der Waals surface area (Å²) >= 11 is 0. The number of aromatic nitrogens is 1. The summed E-state index contributed by atoms with van der Waals surface area (Å²) in [7, 11) is 4.05. The second kappa shape index (κ2) is 3.69. The molecule has 0 saturated carbocycles. The first kappa shape index (κ1) is 9.65. The lowest BCUT2D eigenvalue weighted by molar-refractivity contribution is 1.13. The predicted octanol–water partition coefficient (Wildman–Crippen LogP) is 2.33. The Bertz CT molecular complexity index is 444. The van der Waals surface area contributed by atoms with Crippen LogP contribution in [0.15, 0.2) is 36.5 Å². The maximum absolute atomic E-state index is 5.80. The number of nitrogens with one attached hydrogen (secondary N) is 1. The molecule has 78 valence electrons. The van der Waals surface area contributed by atoms with Crippen molar-refractivity contribution >= 4 is 11.4 Å². The van der Waals surface area contributed by atoms with Crippen LogP contribution in [0.25, 0.3) is 11.3 Å². The number of hydrogen-bond acceptors (Lipinski definition) is 2. The fourth-order valence-electron chi connectivity index (χ4n) is 1.66. The molecule has 3 N–H and O–H groups in total. The maximum Gasteiger partial charge on any atom is 0.0475 e. The van der Waals surface area contributed by atoms with Crippen LogP contribution in [0.4, 0.5) is 11.4 Å². The van der Waals surface area contributed by atoms with Crippen LogP contribution in [0.5, 0.6) is 0 Å². The quantitative estimate of drug-likeness (QED) is 0.732. The van der Waals surface area contributed by atoms with Gasteiger partial charge in [-0.1, -0.05) is 0 Å². The van der Waals surface area contributed by atoms with Crippen molar-refractivity contribution in [1.29, 1.82) is 0 Å². The zero-order valence-electron chi connectivity index (χ0n) is 8.99.